The number of nitrogens with one attached hydrogen (secondary N) is 1. The molecule has 0 radical (unpaired) electrons. The first kappa shape index (κ1) is 15.4. The van der Waals surface area contributed by atoms with Gasteiger partial charge < -0.3 is 0 Å². The Hall–Kier alpha value is -0.940. The molecule has 3 N–H and O–H groups in total. The van der Waals surface area contributed by atoms with E-state index in [4.69, 9.17) is 17.4 Å². The van der Waals surface area contributed by atoms with Crippen LogP contribution in [0.5, 0.6) is 0 Å². The van der Waals surface area contributed by atoms with Crippen LogP contribution in [0.25, 0.3) is 0 Å². The summed E-state index contributed by atoms with van der Waals surface area (Å²) in [6.07, 6.45) is 0. The Balaban J connectivity index is 2.58. The highest BCUT2D eigenvalue weighted by Crippen LogP contribution is 2.33. The van der Waals surface area contributed by atoms with E-state index in [1.54, 1.807) is 12.1 Å². The third-order valence-corrected chi connectivity index (χ3v) is 4.13. The van der Waals surface area contributed by atoms with E-state index >= 15 is 0 Å². The molecule has 0 bridgehead atoms. The van der Waals surface area contributed by atoms with Crippen molar-refractivity contribution in [2.75, 3.05) is 0 Å². The lowest BCUT2D eigenvalue weighted by Crippen LogP contribution is -2.30. The normalized spacial score (nSPS) is 12.5. The lowest BCUT2D eigenvalue weighted by molar-refractivity contribution is 0.555. The monoisotopic (exact) mass is 356 g/mol. The van der Waals surface area contributed by atoms with Gasteiger partial charge in [-0.1, -0.05) is 39.7 Å². The lowest BCUT2D eigenvalue weighted by atomic mass is 9.93. The summed E-state index contributed by atoms with van der Waals surface area (Å²) in [5, 5.41) is 0.609. The zero-order chi connectivity index (χ0) is 14.9. The van der Waals surface area contributed by atoms with Gasteiger partial charge >= 0.3 is 0 Å². The maximum absolute atomic E-state index is 14.3. The van der Waals surface area contributed by atoms with Crippen LogP contribution in [0.2, 0.25) is 5.02 Å². The van der Waals surface area contributed by atoms with Crippen LogP contribution < -0.4 is 11.3 Å². The van der Waals surface area contributed by atoms with Gasteiger partial charge in [-0.05, 0) is 48.7 Å². The molecule has 0 aliphatic rings. The number of halogens is 3. The lowest BCUT2D eigenvalue weighted by Gasteiger charge is -2.21. The van der Waals surface area contributed by atoms with Crippen LogP contribution in [0, 0.1) is 19.7 Å². The first-order valence-corrected chi connectivity index (χ1v) is 7.29. The Morgan fingerprint density at radius 1 is 1.25 bits per heavy atom. The standard InChI is InChI=1S/C15H15BrClFN2/c1-8-5-9(2)14(13(18)6-8)15(20-19)11-4-3-10(17)7-12(11)16/h3-7,15,20H,19H2,1-2H3. The number of aryl methyl sites for hydroxylation is 2. The molecule has 0 spiro atoms. The molecule has 2 rings (SSSR count). The van der Waals surface area contributed by atoms with Crippen molar-refractivity contribution in [1.29, 1.82) is 0 Å². The maximum Gasteiger partial charge on any atom is 0.128 e. The van der Waals surface area contributed by atoms with Gasteiger partial charge in [-0.2, -0.15) is 0 Å². The van der Waals surface area contributed by atoms with Crippen LogP contribution in [-0.2, 0) is 0 Å². The van der Waals surface area contributed by atoms with E-state index in [2.05, 4.69) is 21.4 Å². The quantitative estimate of drug-likeness (QED) is 0.631. The molecule has 0 aromatic heterocycles. The van der Waals surface area contributed by atoms with E-state index in [1.807, 2.05) is 26.0 Å². The molecule has 1 unspecified atom stereocenters. The molecule has 0 heterocycles. The van der Waals surface area contributed by atoms with Crippen molar-refractivity contribution in [3.63, 3.8) is 0 Å². The molecular formula is C15H15BrClFN2. The van der Waals surface area contributed by atoms with Gasteiger partial charge in [0, 0.05) is 15.1 Å². The van der Waals surface area contributed by atoms with E-state index in [0.717, 1.165) is 21.2 Å². The second-order valence-electron chi connectivity index (χ2n) is 4.74. The molecule has 2 aromatic carbocycles. The van der Waals surface area contributed by atoms with Gasteiger partial charge in [0.2, 0.25) is 0 Å². The number of benzene rings is 2. The minimum Gasteiger partial charge on any atom is -0.271 e. The number of nitrogens with two attached hydrogens (primary N) is 1. The number of hydrogen-bond donors (Lipinski definition) is 2. The Morgan fingerprint density at radius 2 is 1.95 bits per heavy atom. The molecule has 0 aliphatic heterocycles. The molecule has 0 aliphatic carbocycles. The minimum absolute atomic E-state index is 0.271. The van der Waals surface area contributed by atoms with Crippen LogP contribution in [0.3, 0.4) is 0 Å². The van der Waals surface area contributed by atoms with Crippen molar-refractivity contribution in [2.45, 2.75) is 19.9 Å². The second-order valence-corrected chi connectivity index (χ2v) is 6.03. The van der Waals surface area contributed by atoms with Gasteiger partial charge in [-0.3, -0.25) is 5.84 Å². The zero-order valence-electron chi connectivity index (χ0n) is 11.2. The Kier molecular flexibility index (Phi) is 4.81. The van der Waals surface area contributed by atoms with Crippen molar-refractivity contribution < 1.29 is 4.39 Å². The van der Waals surface area contributed by atoms with Crippen LogP contribution in [-0.4, -0.2) is 0 Å². The molecule has 106 valence electrons. The highest BCUT2D eigenvalue weighted by atomic mass is 79.9. The summed E-state index contributed by atoms with van der Waals surface area (Å²) in [5.41, 5.74) is 5.80. The predicted molar refractivity (Wildman–Crippen MR) is 84.2 cm³/mol. The first-order chi connectivity index (χ1) is 9.43. The van der Waals surface area contributed by atoms with E-state index in [-0.39, 0.29) is 5.82 Å². The summed E-state index contributed by atoms with van der Waals surface area (Å²) in [6.45, 7) is 3.74. The van der Waals surface area contributed by atoms with Gasteiger partial charge in [0.05, 0.1) is 6.04 Å². The molecule has 1 atom stereocenters. The molecule has 0 saturated heterocycles. The molecule has 0 fully saturated rings. The third kappa shape index (κ3) is 3.04. The van der Waals surface area contributed by atoms with Crippen LogP contribution in [0.4, 0.5) is 4.39 Å². The minimum atomic E-state index is -0.442. The van der Waals surface area contributed by atoms with E-state index in [1.165, 1.54) is 6.07 Å². The van der Waals surface area contributed by atoms with Gasteiger partial charge in [-0.15, -0.1) is 0 Å². The summed E-state index contributed by atoms with van der Waals surface area (Å²) in [5.74, 6) is 5.38. The van der Waals surface area contributed by atoms with Gasteiger partial charge in [0.15, 0.2) is 0 Å². The van der Waals surface area contributed by atoms with Crippen molar-refractivity contribution in [1.82, 2.24) is 5.43 Å². The average Bonchev–Trinajstić information content (AvgIpc) is 2.34. The molecule has 2 nitrogen and oxygen atoms in total. The summed E-state index contributed by atoms with van der Waals surface area (Å²) in [6, 6.07) is 8.36. The van der Waals surface area contributed by atoms with Crippen molar-refractivity contribution in [3.8, 4) is 0 Å². The average molecular weight is 358 g/mol. The van der Waals surface area contributed by atoms with Gasteiger partial charge in [0.1, 0.15) is 5.82 Å². The van der Waals surface area contributed by atoms with Crippen molar-refractivity contribution >= 4 is 27.5 Å². The first-order valence-electron chi connectivity index (χ1n) is 6.11. The number of hydrogen-bond acceptors (Lipinski definition) is 2. The Labute approximate surface area is 131 Å². The smallest absolute Gasteiger partial charge is 0.128 e. The van der Waals surface area contributed by atoms with Gasteiger partial charge in [-0.25, -0.2) is 9.82 Å². The second kappa shape index (κ2) is 6.22. The third-order valence-electron chi connectivity index (χ3n) is 3.21. The zero-order valence-corrected chi connectivity index (χ0v) is 13.5. The summed E-state index contributed by atoms with van der Waals surface area (Å²) >= 11 is 9.39. The van der Waals surface area contributed by atoms with Gasteiger partial charge in [0.25, 0.3) is 0 Å². The van der Waals surface area contributed by atoms with Crippen LogP contribution in [0.15, 0.2) is 34.8 Å². The Bertz CT molecular complexity index is 623. The largest absolute Gasteiger partial charge is 0.271 e. The molecule has 0 saturated carbocycles. The highest BCUT2D eigenvalue weighted by Gasteiger charge is 2.21. The fourth-order valence-corrected chi connectivity index (χ4v) is 3.27. The summed E-state index contributed by atoms with van der Waals surface area (Å²) in [7, 11) is 0. The summed E-state index contributed by atoms with van der Waals surface area (Å²) < 4.78 is 15.1. The SMILES string of the molecule is Cc1cc(C)c(C(NN)c2ccc(Cl)cc2Br)c(F)c1. The van der Waals surface area contributed by atoms with Crippen molar-refractivity contribution in [2.24, 2.45) is 5.84 Å². The van der Waals surface area contributed by atoms with E-state index < -0.39 is 6.04 Å². The maximum atomic E-state index is 14.3. The topological polar surface area (TPSA) is 38.0 Å². The number of hydrazine groups is 1. The van der Waals surface area contributed by atoms with Crippen LogP contribution >= 0.6 is 27.5 Å². The number of rotatable bonds is 3. The predicted octanol–water partition coefficient (Wildman–Crippen LogP) is 4.41. The van der Waals surface area contributed by atoms with Crippen molar-refractivity contribution in [3.05, 3.63) is 67.9 Å². The fraction of sp³-hybridized carbons (Fsp3) is 0.200. The molecule has 2 aromatic rings. The highest BCUT2D eigenvalue weighted by molar-refractivity contribution is 9.10. The molecular weight excluding hydrogens is 343 g/mol. The summed E-state index contributed by atoms with van der Waals surface area (Å²) in [4.78, 5) is 0. The van der Waals surface area contributed by atoms with Crippen LogP contribution in [0.1, 0.15) is 28.3 Å². The molecule has 0 amide bonds. The van der Waals surface area contributed by atoms with E-state index in [9.17, 15) is 4.39 Å². The van der Waals surface area contributed by atoms with E-state index in [0.29, 0.717) is 10.6 Å². The fourth-order valence-electron chi connectivity index (χ4n) is 2.36. The molecule has 5 heteroatoms. The Morgan fingerprint density at radius 3 is 2.50 bits per heavy atom. The molecule has 20 heavy (non-hydrogen) atoms.